The average molecular weight is 292 g/mol. The Morgan fingerprint density at radius 3 is 2.61 bits per heavy atom. The standard InChI is InChI=1S/C10H14ClN3O3S/c1-7(14-18(2,16)17)10(15)13-12-9-5-3-4-8(11)6-9/h3-7,12,14H,1-2H3,(H,13,15)/t7-/m1/s1. The molecular weight excluding hydrogens is 278 g/mol. The van der Waals surface area contributed by atoms with Crippen LogP contribution in [0, 0.1) is 0 Å². The van der Waals surface area contributed by atoms with E-state index in [-0.39, 0.29) is 0 Å². The predicted octanol–water partition coefficient (Wildman–Crippen LogP) is 0.721. The maximum Gasteiger partial charge on any atom is 0.256 e. The van der Waals surface area contributed by atoms with Gasteiger partial charge in [-0.1, -0.05) is 17.7 Å². The van der Waals surface area contributed by atoms with Crippen LogP contribution in [0.1, 0.15) is 6.92 Å². The number of benzene rings is 1. The molecule has 100 valence electrons. The van der Waals surface area contributed by atoms with Crippen molar-refractivity contribution in [2.45, 2.75) is 13.0 Å². The quantitative estimate of drug-likeness (QED) is 0.698. The Balaban J connectivity index is 2.51. The van der Waals surface area contributed by atoms with E-state index >= 15 is 0 Å². The first kappa shape index (κ1) is 14.7. The van der Waals surface area contributed by atoms with Gasteiger partial charge in [0.2, 0.25) is 10.0 Å². The topological polar surface area (TPSA) is 87.3 Å². The highest BCUT2D eigenvalue weighted by atomic mass is 35.5. The van der Waals surface area contributed by atoms with Gasteiger partial charge in [-0.15, -0.1) is 0 Å². The normalized spacial score (nSPS) is 12.8. The van der Waals surface area contributed by atoms with Crippen LogP contribution in [0.4, 0.5) is 5.69 Å². The van der Waals surface area contributed by atoms with E-state index in [1.165, 1.54) is 6.92 Å². The lowest BCUT2D eigenvalue weighted by molar-refractivity contribution is -0.121. The second-order valence-corrected chi connectivity index (χ2v) is 5.95. The summed E-state index contributed by atoms with van der Waals surface area (Å²) in [4.78, 5) is 11.5. The molecule has 0 aliphatic heterocycles. The molecule has 0 fully saturated rings. The van der Waals surface area contributed by atoms with Gasteiger partial charge in [0.1, 0.15) is 0 Å². The number of anilines is 1. The number of sulfonamides is 1. The highest BCUT2D eigenvalue weighted by Crippen LogP contribution is 2.13. The van der Waals surface area contributed by atoms with Gasteiger partial charge in [0.25, 0.3) is 5.91 Å². The fourth-order valence-corrected chi connectivity index (χ4v) is 2.12. The van der Waals surface area contributed by atoms with E-state index in [0.717, 1.165) is 6.26 Å². The molecule has 1 aromatic carbocycles. The summed E-state index contributed by atoms with van der Waals surface area (Å²) >= 11 is 5.77. The molecule has 0 heterocycles. The monoisotopic (exact) mass is 291 g/mol. The van der Waals surface area contributed by atoms with Crippen molar-refractivity contribution < 1.29 is 13.2 Å². The number of hydrazine groups is 1. The van der Waals surface area contributed by atoms with Gasteiger partial charge in [0.05, 0.1) is 18.0 Å². The third-order valence-electron chi connectivity index (χ3n) is 1.94. The summed E-state index contributed by atoms with van der Waals surface area (Å²) in [5.74, 6) is -0.500. The summed E-state index contributed by atoms with van der Waals surface area (Å²) in [6.07, 6.45) is 0.987. The van der Waals surface area contributed by atoms with Crippen molar-refractivity contribution in [2.75, 3.05) is 11.7 Å². The van der Waals surface area contributed by atoms with Crippen molar-refractivity contribution >= 4 is 33.2 Å². The van der Waals surface area contributed by atoms with E-state index in [4.69, 9.17) is 11.6 Å². The van der Waals surface area contributed by atoms with Crippen LogP contribution in [0.25, 0.3) is 0 Å². The Morgan fingerprint density at radius 1 is 1.39 bits per heavy atom. The van der Waals surface area contributed by atoms with Crippen molar-refractivity contribution in [1.82, 2.24) is 10.1 Å². The van der Waals surface area contributed by atoms with Crippen LogP contribution in [0.15, 0.2) is 24.3 Å². The summed E-state index contributed by atoms with van der Waals surface area (Å²) in [6, 6.07) is 5.88. The van der Waals surface area contributed by atoms with Crippen molar-refractivity contribution in [2.24, 2.45) is 0 Å². The van der Waals surface area contributed by atoms with Crippen LogP contribution >= 0.6 is 11.6 Å². The van der Waals surface area contributed by atoms with Crippen molar-refractivity contribution in [3.63, 3.8) is 0 Å². The van der Waals surface area contributed by atoms with Gasteiger partial charge in [-0.05, 0) is 25.1 Å². The SMILES string of the molecule is C[C@@H](NS(C)(=O)=O)C(=O)NNc1cccc(Cl)c1. The van der Waals surface area contributed by atoms with Crippen LogP contribution in [0.3, 0.4) is 0 Å². The molecule has 0 aliphatic carbocycles. The Hall–Kier alpha value is -1.31. The predicted molar refractivity (Wildman–Crippen MR) is 70.7 cm³/mol. The maximum atomic E-state index is 11.5. The first-order valence-corrected chi connectivity index (χ1v) is 7.33. The average Bonchev–Trinajstić information content (AvgIpc) is 2.23. The first-order chi connectivity index (χ1) is 8.28. The minimum absolute atomic E-state index is 0.500. The number of halogens is 1. The highest BCUT2D eigenvalue weighted by molar-refractivity contribution is 7.88. The fraction of sp³-hybridized carbons (Fsp3) is 0.300. The zero-order valence-electron chi connectivity index (χ0n) is 9.90. The van der Waals surface area contributed by atoms with Gasteiger partial charge < -0.3 is 0 Å². The van der Waals surface area contributed by atoms with Crippen LogP contribution < -0.4 is 15.6 Å². The maximum absolute atomic E-state index is 11.5. The number of amides is 1. The van der Waals surface area contributed by atoms with E-state index in [9.17, 15) is 13.2 Å². The fourth-order valence-electron chi connectivity index (χ4n) is 1.18. The molecule has 3 N–H and O–H groups in total. The molecule has 8 heteroatoms. The molecular formula is C10H14ClN3O3S. The molecule has 0 aliphatic rings. The molecule has 18 heavy (non-hydrogen) atoms. The van der Waals surface area contributed by atoms with Gasteiger partial charge >= 0.3 is 0 Å². The van der Waals surface area contributed by atoms with E-state index in [0.29, 0.717) is 10.7 Å². The second-order valence-electron chi connectivity index (χ2n) is 3.74. The summed E-state index contributed by atoms with van der Waals surface area (Å²) in [7, 11) is -3.42. The third kappa shape index (κ3) is 5.35. The van der Waals surface area contributed by atoms with Crippen LogP contribution in [0.5, 0.6) is 0 Å². The van der Waals surface area contributed by atoms with Crippen LogP contribution in [0.2, 0.25) is 5.02 Å². The molecule has 0 spiro atoms. The van der Waals surface area contributed by atoms with Crippen molar-refractivity contribution in [3.8, 4) is 0 Å². The zero-order valence-corrected chi connectivity index (χ0v) is 11.5. The molecule has 0 unspecified atom stereocenters. The van der Waals surface area contributed by atoms with Gasteiger partial charge in [-0.25, -0.2) is 13.1 Å². The summed E-state index contributed by atoms with van der Waals surface area (Å²) in [6.45, 7) is 1.44. The van der Waals surface area contributed by atoms with Crippen LogP contribution in [-0.4, -0.2) is 26.6 Å². The number of nitrogens with one attached hydrogen (secondary N) is 3. The number of hydrogen-bond acceptors (Lipinski definition) is 4. The van der Waals surface area contributed by atoms with Gasteiger partial charge in [0.15, 0.2) is 0 Å². The van der Waals surface area contributed by atoms with Gasteiger partial charge in [-0.2, -0.15) is 0 Å². The summed E-state index contributed by atoms with van der Waals surface area (Å²) < 4.78 is 24.0. The summed E-state index contributed by atoms with van der Waals surface area (Å²) in [5, 5.41) is 0.525. The molecule has 0 saturated carbocycles. The van der Waals surface area contributed by atoms with E-state index in [2.05, 4.69) is 15.6 Å². The Kier molecular flexibility index (Phi) is 4.94. The van der Waals surface area contributed by atoms with E-state index in [1.807, 2.05) is 0 Å². The van der Waals surface area contributed by atoms with Gasteiger partial charge in [-0.3, -0.25) is 15.6 Å². The molecule has 0 bridgehead atoms. The largest absolute Gasteiger partial charge is 0.299 e. The molecule has 1 amide bonds. The number of rotatable bonds is 5. The Labute approximate surface area is 111 Å². The lowest BCUT2D eigenvalue weighted by Crippen LogP contribution is -2.46. The molecule has 0 aromatic heterocycles. The van der Waals surface area contributed by atoms with Gasteiger partial charge in [0, 0.05) is 5.02 Å². The van der Waals surface area contributed by atoms with Crippen LogP contribution in [-0.2, 0) is 14.8 Å². The molecule has 1 aromatic rings. The molecule has 0 saturated heterocycles. The minimum atomic E-state index is -3.42. The molecule has 1 rings (SSSR count). The zero-order chi connectivity index (χ0) is 13.8. The lowest BCUT2D eigenvalue weighted by atomic mass is 10.3. The van der Waals surface area contributed by atoms with Crippen molar-refractivity contribution in [3.05, 3.63) is 29.3 Å². The highest BCUT2D eigenvalue weighted by Gasteiger charge is 2.16. The summed E-state index contributed by atoms with van der Waals surface area (Å²) in [5.41, 5.74) is 5.61. The number of carbonyl (C=O) groups is 1. The first-order valence-electron chi connectivity index (χ1n) is 5.06. The minimum Gasteiger partial charge on any atom is -0.299 e. The Bertz CT molecular complexity index is 533. The van der Waals surface area contributed by atoms with Crippen molar-refractivity contribution in [1.29, 1.82) is 0 Å². The number of carbonyl (C=O) groups excluding carboxylic acids is 1. The van der Waals surface area contributed by atoms with E-state index in [1.54, 1.807) is 24.3 Å². The molecule has 0 radical (unpaired) electrons. The second kappa shape index (κ2) is 6.03. The lowest BCUT2D eigenvalue weighted by Gasteiger charge is -2.14. The smallest absolute Gasteiger partial charge is 0.256 e. The third-order valence-corrected chi connectivity index (χ3v) is 2.96. The molecule has 1 atom stereocenters. The molecule has 6 nitrogen and oxygen atoms in total. The number of hydrogen-bond donors (Lipinski definition) is 3. The Morgan fingerprint density at radius 2 is 2.06 bits per heavy atom. The van der Waals surface area contributed by atoms with E-state index < -0.39 is 22.0 Å².